The Balaban J connectivity index is 1.29. The third-order valence-electron chi connectivity index (χ3n) is 6.34. The van der Waals surface area contributed by atoms with E-state index < -0.39 is 0 Å². The number of nitrogens with zero attached hydrogens (tertiary/aromatic N) is 4. The standard InChI is InChI=1S/C29H32N4O4S2/c1-5-24(34)32-22-13-11-18(3)16-21(22)31-27(32)29(37)39-15-9-7-8-14-38-28(36)26-30-20-12-10-19(4)17-23(20)33(26)25(35)6-2/h10-13,16-17H,5-9,14-15H2,1-4H3. The fraction of sp³-hybridized carbons (Fsp3) is 0.379. The highest BCUT2D eigenvalue weighted by molar-refractivity contribution is 8.14. The van der Waals surface area contributed by atoms with E-state index in [0.717, 1.165) is 53.9 Å². The average Bonchev–Trinajstić information content (AvgIpc) is 3.49. The number of benzene rings is 2. The molecule has 8 nitrogen and oxygen atoms in total. The average molecular weight is 565 g/mol. The van der Waals surface area contributed by atoms with Crippen LogP contribution in [0.4, 0.5) is 0 Å². The van der Waals surface area contributed by atoms with Gasteiger partial charge in [0.25, 0.3) is 10.2 Å². The van der Waals surface area contributed by atoms with Crippen molar-refractivity contribution < 1.29 is 19.2 Å². The second kappa shape index (κ2) is 12.7. The Bertz CT molecular complexity index is 1550. The molecule has 4 aromatic rings. The molecule has 0 amide bonds. The molecule has 2 aromatic heterocycles. The van der Waals surface area contributed by atoms with E-state index in [-0.39, 0.29) is 46.5 Å². The van der Waals surface area contributed by atoms with Crippen molar-refractivity contribution in [3.05, 3.63) is 59.2 Å². The number of aryl methyl sites for hydroxylation is 2. The molecule has 0 atom stereocenters. The zero-order valence-electron chi connectivity index (χ0n) is 22.7. The Kier molecular flexibility index (Phi) is 9.40. The molecular weight excluding hydrogens is 532 g/mol. The number of hydrogen-bond acceptors (Lipinski definition) is 8. The maximum atomic E-state index is 12.9. The fourth-order valence-electron chi connectivity index (χ4n) is 4.31. The summed E-state index contributed by atoms with van der Waals surface area (Å²) in [5, 5.41) is -0.435. The van der Waals surface area contributed by atoms with Gasteiger partial charge in [-0.15, -0.1) is 0 Å². The molecule has 0 aliphatic rings. The van der Waals surface area contributed by atoms with Gasteiger partial charge >= 0.3 is 0 Å². The van der Waals surface area contributed by atoms with Crippen molar-refractivity contribution in [1.29, 1.82) is 0 Å². The Morgan fingerprint density at radius 3 is 1.77 bits per heavy atom. The van der Waals surface area contributed by atoms with Crippen molar-refractivity contribution in [1.82, 2.24) is 19.1 Å². The first kappa shape index (κ1) is 28.8. The highest BCUT2D eigenvalue weighted by Crippen LogP contribution is 2.24. The number of thioether (sulfide) groups is 2. The molecule has 0 saturated carbocycles. The van der Waals surface area contributed by atoms with Crippen LogP contribution in [-0.2, 0) is 0 Å². The number of unbranched alkanes of at least 4 members (excludes halogenated alkanes) is 2. The first-order valence-electron chi connectivity index (χ1n) is 13.1. The first-order chi connectivity index (χ1) is 18.7. The molecule has 204 valence electrons. The smallest absolute Gasteiger partial charge is 0.255 e. The second-order valence-electron chi connectivity index (χ2n) is 9.35. The summed E-state index contributed by atoms with van der Waals surface area (Å²) in [6.45, 7) is 7.43. The van der Waals surface area contributed by atoms with Crippen LogP contribution in [0, 0.1) is 13.8 Å². The highest BCUT2D eigenvalue weighted by atomic mass is 32.2. The van der Waals surface area contributed by atoms with Gasteiger partial charge in [-0.2, -0.15) is 0 Å². The van der Waals surface area contributed by atoms with Gasteiger partial charge < -0.3 is 0 Å². The molecule has 2 aromatic carbocycles. The van der Waals surface area contributed by atoms with E-state index in [9.17, 15) is 19.2 Å². The van der Waals surface area contributed by atoms with Crippen molar-refractivity contribution in [3.8, 4) is 0 Å². The highest BCUT2D eigenvalue weighted by Gasteiger charge is 2.23. The number of fused-ring (bicyclic) bond motifs is 2. The molecule has 0 aliphatic carbocycles. The molecule has 39 heavy (non-hydrogen) atoms. The molecule has 0 fully saturated rings. The van der Waals surface area contributed by atoms with Crippen LogP contribution in [-0.4, -0.2) is 52.7 Å². The van der Waals surface area contributed by atoms with Crippen molar-refractivity contribution in [2.24, 2.45) is 0 Å². The van der Waals surface area contributed by atoms with Crippen molar-refractivity contribution >= 4 is 67.6 Å². The summed E-state index contributed by atoms with van der Waals surface area (Å²) < 4.78 is 2.88. The van der Waals surface area contributed by atoms with Gasteiger partial charge in [0.2, 0.25) is 11.8 Å². The summed E-state index contributed by atoms with van der Waals surface area (Å²) in [5.74, 6) is 1.23. The lowest BCUT2D eigenvalue weighted by Gasteiger charge is -2.06. The predicted molar refractivity (Wildman–Crippen MR) is 158 cm³/mol. The number of carbonyl (C=O) groups excluding carboxylic acids is 4. The zero-order valence-corrected chi connectivity index (χ0v) is 24.3. The van der Waals surface area contributed by atoms with Crippen LogP contribution in [0.5, 0.6) is 0 Å². The molecular formula is C29H32N4O4S2. The minimum absolute atomic E-state index is 0.155. The topological polar surface area (TPSA) is 104 Å². The third-order valence-corrected chi connectivity index (χ3v) is 8.22. The molecule has 0 saturated heterocycles. The molecule has 0 unspecified atom stereocenters. The fourth-order valence-corrected chi connectivity index (χ4v) is 5.91. The van der Waals surface area contributed by atoms with Crippen LogP contribution < -0.4 is 0 Å². The first-order valence-corrected chi connectivity index (χ1v) is 15.1. The number of hydrogen-bond donors (Lipinski definition) is 0. The van der Waals surface area contributed by atoms with Gasteiger partial charge in [-0.25, -0.2) is 9.97 Å². The summed E-state index contributed by atoms with van der Waals surface area (Å²) >= 11 is 2.33. The molecule has 4 rings (SSSR count). The predicted octanol–water partition coefficient (Wildman–Crippen LogP) is 6.72. The van der Waals surface area contributed by atoms with E-state index in [1.807, 2.05) is 50.2 Å². The summed E-state index contributed by atoms with van der Waals surface area (Å²) in [4.78, 5) is 59.9. The van der Waals surface area contributed by atoms with Gasteiger partial charge in [-0.1, -0.05) is 55.9 Å². The monoisotopic (exact) mass is 564 g/mol. The van der Waals surface area contributed by atoms with Crippen LogP contribution in [0.2, 0.25) is 0 Å². The van der Waals surface area contributed by atoms with E-state index >= 15 is 0 Å². The maximum absolute atomic E-state index is 12.9. The van der Waals surface area contributed by atoms with Crippen molar-refractivity contribution in [2.75, 3.05) is 11.5 Å². The molecule has 0 spiro atoms. The zero-order chi connectivity index (χ0) is 28.1. The summed E-state index contributed by atoms with van der Waals surface area (Å²) in [6.07, 6.45) is 2.98. The van der Waals surface area contributed by atoms with Gasteiger partial charge in [0.15, 0.2) is 11.6 Å². The number of carbonyl (C=O) groups is 4. The minimum atomic E-state index is -0.218. The van der Waals surface area contributed by atoms with Crippen molar-refractivity contribution in [3.63, 3.8) is 0 Å². The van der Waals surface area contributed by atoms with E-state index in [1.165, 1.54) is 9.13 Å². The van der Waals surface area contributed by atoms with Crippen LogP contribution in [0.25, 0.3) is 22.1 Å². The SMILES string of the molecule is CCC(=O)n1c(C(=O)SCCCCCSC(=O)c2nc3ccc(C)cc3n2C(=O)CC)nc2cc(C)ccc21. The minimum Gasteiger partial charge on any atom is -0.278 e. The summed E-state index contributed by atoms with van der Waals surface area (Å²) in [7, 11) is 0. The van der Waals surface area contributed by atoms with Crippen LogP contribution in [0.15, 0.2) is 36.4 Å². The number of rotatable bonds is 10. The van der Waals surface area contributed by atoms with Crippen LogP contribution in [0.3, 0.4) is 0 Å². The Morgan fingerprint density at radius 2 is 1.18 bits per heavy atom. The summed E-state index contributed by atoms with van der Waals surface area (Å²) in [6, 6.07) is 11.2. The Labute approximate surface area is 235 Å². The van der Waals surface area contributed by atoms with Crippen molar-refractivity contribution in [2.45, 2.75) is 59.8 Å². The van der Waals surface area contributed by atoms with Crippen LogP contribution in [0.1, 0.15) is 87.9 Å². The van der Waals surface area contributed by atoms with Gasteiger partial charge in [0, 0.05) is 24.3 Å². The Morgan fingerprint density at radius 1 is 0.667 bits per heavy atom. The molecule has 2 heterocycles. The maximum Gasteiger partial charge on any atom is 0.255 e. The molecule has 0 aliphatic heterocycles. The quantitative estimate of drug-likeness (QED) is 0.196. The Hall–Kier alpha value is -3.24. The second-order valence-corrected chi connectivity index (χ2v) is 11.5. The van der Waals surface area contributed by atoms with Gasteiger partial charge in [0.1, 0.15) is 0 Å². The van der Waals surface area contributed by atoms with Gasteiger partial charge in [-0.05, 0) is 62.1 Å². The lowest BCUT2D eigenvalue weighted by Crippen LogP contribution is -2.16. The largest absolute Gasteiger partial charge is 0.278 e. The van der Waals surface area contributed by atoms with E-state index in [0.29, 0.717) is 33.6 Å². The van der Waals surface area contributed by atoms with Gasteiger partial charge in [-0.3, -0.25) is 28.3 Å². The number of imidazole rings is 2. The third kappa shape index (κ3) is 6.33. The normalized spacial score (nSPS) is 11.4. The molecule has 10 heteroatoms. The van der Waals surface area contributed by atoms with E-state index in [1.54, 1.807) is 13.8 Å². The van der Waals surface area contributed by atoms with Gasteiger partial charge in [0.05, 0.1) is 22.1 Å². The lowest BCUT2D eigenvalue weighted by atomic mass is 10.2. The summed E-state index contributed by atoms with van der Waals surface area (Å²) in [5.41, 5.74) is 4.62. The number of aromatic nitrogens is 4. The van der Waals surface area contributed by atoms with Crippen LogP contribution >= 0.6 is 23.5 Å². The molecule has 0 bridgehead atoms. The lowest BCUT2D eigenvalue weighted by molar-refractivity contribution is 0.0894. The van der Waals surface area contributed by atoms with E-state index in [2.05, 4.69) is 9.97 Å². The molecule has 0 radical (unpaired) electrons. The molecule has 0 N–H and O–H groups in total. The van der Waals surface area contributed by atoms with E-state index in [4.69, 9.17) is 0 Å².